The second-order valence-corrected chi connectivity index (χ2v) is 5.60. The summed E-state index contributed by atoms with van der Waals surface area (Å²) in [4.78, 5) is 0.524. The van der Waals surface area contributed by atoms with Crippen LogP contribution in [0, 0.1) is 0 Å². The molecule has 16 heavy (non-hydrogen) atoms. The van der Waals surface area contributed by atoms with Crippen molar-refractivity contribution in [2.75, 3.05) is 14.2 Å². The number of ether oxygens (including phenoxy) is 2. The Balaban J connectivity index is 2.89. The van der Waals surface area contributed by atoms with Gasteiger partial charge in [0.1, 0.15) is 0 Å². The summed E-state index contributed by atoms with van der Waals surface area (Å²) in [5.74, 6) is 2.09. The maximum absolute atomic E-state index is 5.30. The largest absolute Gasteiger partial charge is 0.493 e. The molecule has 2 atom stereocenters. The first kappa shape index (κ1) is 13.4. The fraction of sp³-hybridized carbons (Fsp3) is 0.538. The summed E-state index contributed by atoms with van der Waals surface area (Å²) in [5.41, 5.74) is 1.28. The van der Waals surface area contributed by atoms with E-state index >= 15 is 0 Å². The average molecular weight is 287 g/mol. The summed E-state index contributed by atoms with van der Waals surface area (Å²) in [6.07, 6.45) is 1.11. The van der Waals surface area contributed by atoms with E-state index in [1.54, 1.807) is 14.2 Å². The minimum absolute atomic E-state index is 0.509. The van der Waals surface area contributed by atoms with Crippen LogP contribution in [0.15, 0.2) is 18.2 Å². The molecule has 0 aliphatic carbocycles. The van der Waals surface area contributed by atoms with Crippen molar-refractivity contribution in [3.8, 4) is 11.5 Å². The van der Waals surface area contributed by atoms with Gasteiger partial charge in [-0.05, 0) is 30.0 Å². The molecular weight excluding hydrogens is 268 g/mol. The molecule has 0 N–H and O–H groups in total. The van der Waals surface area contributed by atoms with Crippen LogP contribution >= 0.6 is 15.9 Å². The molecule has 0 saturated heterocycles. The van der Waals surface area contributed by atoms with Crippen LogP contribution in [0.1, 0.15) is 31.7 Å². The lowest BCUT2D eigenvalue weighted by molar-refractivity contribution is 0.354. The summed E-state index contributed by atoms with van der Waals surface area (Å²) in [6.45, 7) is 4.39. The van der Waals surface area contributed by atoms with Crippen molar-refractivity contribution in [3.63, 3.8) is 0 Å². The summed E-state index contributed by atoms with van der Waals surface area (Å²) < 4.78 is 10.5. The predicted octanol–water partition coefficient (Wildman–Crippen LogP) is 3.98. The van der Waals surface area contributed by atoms with Gasteiger partial charge in [0.15, 0.2) is 11.5 Å². The van der Waals surface area contributed by atoms with Gasteiger partial charge in [0.05, 0.1) is 14.2 Å². The molecule has 0 amide bonds. The number of rotatable bonds is 5. The van der Waals surface area contributed by atoms with Gasteiger partial charge in [-0.2, -0.15) is 0 Å². The summed E-state index contributed by atoms with van der Waals surface area (Å²) in [5, 5.41) is 0. The highest BCUT2D eigenvalue weighted by molar-refractivity contribution is 9.09. The highest BCUT2D eigenvalue weighted by Crippen LogP contribution is 2.32. The Bertz CT molecular complexity index is 337. The molecule has 2 nitrogen and oxygen atoms in total. The zero-order valence-corrected chi connectivity index (χ0v) is 11.9. The van der Waals surface area contributed by atoms with Crippen LogP contribution in [0.3, 0.4) is 0 Å². The van der Waals surface area contributed by atoms with Gasteiger partial charge in [0, 0.05) is 4.83 Å². The molecule has 90 valence electrons. The van der Waals surface area contributed by atoms with E-state index in [-0.39, 0.29) is 0 Å². The van der Waals surface area contributed by atoms with Crippen LogP contribution < -0.4 is 9.47 Å². The fourth-order valence-electron chi connectivity index (χ4n) is 1.78. The van der Waals surface area contributed by atoms with Crippen molar-refractivity contribution in [2.24, 2.45) is 0 Å². The molecule has 0 saturated carbocycles. The summed E-state index contributed by atoms with van der Waals surface area (Å²) in [6, 6.07) is 6.11. The van der Waals surface area contributed by atoms with Gasteiger partial charge >= 0.3 is 0 Å². The monoisotopic (exact) mass is 286 g/mol. The minimum Gasteiger partial charge on any atom is -0.493 e. The molecule has 0 heterocycles. The zero-order chi connectivity index (χ0) is 12.1. The van der Waals surface area contributed by atoms with Gasteiger partial charge < -0.3 is 9.47 Å². The summed E-state index contributed by atoms with van der Waals surface area (Å²) >= 11 is 3.58. The van der Waals surface area contributed by atoms with Crippen molar-refractivity contribution in [3.05, 3.63) is 23.8 Å². The van der Waals surface area contributed by atoms with Crippen molar-refractivity contribution in [1.82, 2.24) is 0 Å². The van der Waals surface area contributed by atoms with Gasteiger partial charge in [0.2, 0.25) is 0 Å². The lowest BCUT2D eigenvalue weighted by atomic mass is 9.96. The molecule has 0 aliphatic rings. The van der Waals surface area contributed by atoms with Gasteiger partial charge in [-0.1, -0.05) is 35.8 Å². The third-order valence-electron chi connectivity index (χ3n) is 2.65. The standard InChI is InChI=1S/C13H19BrO2/c1-9(7-10(2)14)11-5-6-12(15-3)13(8-11)16-4/h5-6,8-10H,7H2,1-4H3. The van der Waals surface area contributed by atoms with E-state index in [0.29, 0.717) is 10.7 Å². The van der Waals surface area contributed by atoms with Crippen LogP contribution in [-0.4, -0.2) is 19.0 Å². The van der Waals surface area contributed by atoms with Crippen molar-refractivity contribution < 1.29 is 9.47 Å². The number of hydrogen-bond donors (Lipinski definition) is 0. The normalized spacial score (nSPS) is 14.3. The Morgan fingerprint density at radius 2 is 1.75 bits per heavy atom. The topological polar surface area (TPSA) is 18.5 Å². The molecular formula is C13H19BrO2. The number of benzene rings is 1. The second kappa shape index (κ2) is 6.14. The maximum atomic E-state index is 5.30. The molecule has 0 aromatic heterocycles. The molecule has 1 aromatic rings. The average Bonchev–Trinajstić information content (AvgIpc) is 2.27. The molecule has 0 spiro atoms. The number of halogens is 1. The van der Waals surface area contributed by atoms with E-state index in [2.05, 4.69) is 41.9 Å². The third kappa shape index (κ3) is 3.41. The lowest BCUT2D eigenvalue weighted by Crippen LogP contribution is -2.01. The zero-order valence-electron chi connectivity index (χ0n) is 10.3. The number of hydrogen-bond acceptors (Lipinski definition) is 2. The highest BCUT2D eigenvalue weighted by Gasteiger charge is 2.11. The second-order valence-electron chi connectivity index (χ2n) is 4.03. The van der Waals surface area contributed by atoms with Gasteiger partial charge in [-0.25, -0.2) is 0 Å². The summed E-state index contributed by atoms with van der Waals surface area (Å²) in [7, 11) is 3.32. The Morgan fingerprint density at radius 3 is 2.25 bits per heavy atom. The van der Waals surface area contributed by atoms with Crippen molar-refractivity contribution >= 4 is 15.9 Å². The predicted molar refractivity (Wildman–Crippen MR) is 71.0 cm³/mol. The quantitative estimate of drug-likeness (QED) is 0.763. The van der Waals surface area contributed by atoms with Gasteiger partial charge in [0.25, 0.3) is 0 Å². The number of methoxy groups -OCH3 is 2. The Labute approximate surface area is 106 Å². The first-order chi connectivity index (χ1) is 7.58. The van der Waals surface area contributed by atoms with E-state index in [1.165, 1.54) is 5.56 Å². The molecule has 2 unspecified atom stereocenters. The number of alkyl halides is 1. The minimum atomic E-state index is 0.509. The highest BCUT2D eigenvalue weighted by atomic mass is 79.9. The smallest absolute Gasteiger partial charge is 0.160 e. The molecule has 0 radical (unpaired) electrons. The van der Waals surface area contributed by atoms with Crippen LogP contribution in [0.25, 0.3) is 0 Å². The van der Waals surface area contributed by atoms with Crippen molar-refractivity contribution in [2.45, 2.75) is 31.0 Å². The molecule has 0 bridgehead atoms. The Morgan fingerprint density at radius 1 is 1.12 bits per heavy atom. The van der Waals surface area contributed by atoms with Crippen LogP contribution in [-0.2, 0) is 0 Å². The lowest BCUT2D eigenvalue weighted by Gasteiger charge is -2.15. The van der Waals surface area contributed by atoms with E-state index in [1.807, 2.05) is 6.07 Å². The fourth-order valence-corrected chi connectivity index (χ4v) is 2.34. The van der Waals surface area contributed by atoms with E-state index < -0.39 is 0 Å². The third-order valence-corrected chi connectivity index (χ3v) is 3.03. The van der Waals surface area contributed by atoms with Crippen molar-refractivity contribution in [1.29, 1.82) is 0 Å². The molecule has 0 aliphatic heterocycles. The Hall–Kier alpha value is -0.700. The van der Waals surface area contributed by atoms with Gasteiger partial charge in [-0.3, -0.25) is 0 Å². The van der Waals surface area contributed by atoms with E-state index in [9.17, 15) is 0 Å². The first-order valence-electron chi connectivity index (χ1n) is 5.44. The van der Waals surface area contributed by atoms with Gasteiger partial charge in [-0.15, -0.1) is 0 Å². The van der Waals surface area contributed by atoms with Crippen LogP contribution in [0.4, 0.5) is 0 Å². The van der Waals surface area contributed by atoms with E-state index in [4.69, 9.17) is 9.47 Å². The molecule has 3 heteroatoms. The SMILES string of the molecule is COc1ccc(C(C)CC(C)Br)cc1OC. The van der Waals surface area contributed by atoms with Crippen LogP contribution in [0.2, 0.25) is 0 Å². The van der Waals surface area contributed by atoms with E-state index in [0.717, 1.165) is 17.9 Å². The Kier molecular flexibility index (Phi) is 5.13. The first-order valence-corrected chi connectivity index (χ1v) is 6.36. The molecule has 0 fully saturated rings. The molecule has 1 rings (SSSR count). The maximum Gasteiger partial charge on any atom is 0.160 e. The van der Waals surface area contributed by atoms with Crippen LogP contribution in [0.5, 0.6) is 11.5 Å². The molecule has 1 aromatic carbocycles.